The Morgan fingerprint density at radius 3 is 2.86 bits per heavy atom. The summed E-state index contributed by atoms with van der Waals surface area (Å²) in [5.74, 6) is 0. The molecule has 5 heteroatoms. The fourth-order valence-electron chi connectivity index (χ4n) is 2.76. The van der Waals surface area contributed by atoms with Crippen molar-refractivity contribution in [3.8, 4) is 0 Å². The summed E-state index contributed by atoms with van der Waals surface area (Å²) in [5, 5.41) is 5.42. The summed E-state index contributed by atoms with van der Waals surface area (Å²) in [6.45, 7) is 2.93. The van der Waals surface area contributed by atoms with Crippen LogP contribution in [0.1, 0.15) is 18.2 Å². The Labute approximate surface area is 124 Å². The van der Waals surface area contributed by atoms with Gasteiger partial charge in [-0.25, -0.2) is 4.98 Å². The minimum Gasteiger partial charge on any atom is -0.332 e. The average Bonchev–Trinajstić information content (AvgIpc) is 3.01. The van der Waals surface area contributed by atoms with Crippen LogP contribution in [0.25, 0.3) is 11.0 Å². The van der Waals surface area contributed by atoms with E-state index in [2.05, 4.69) is 33.0 Å². The molecule has 3 rings (SSSR count). The Morgan fingerprint density at radius 2 is 2.14 bits per heavy atom. The van der Waals surface area contributed by atoms with Crippen molar-refractivity contribution in [2.75, 3.05) is 0 Å². The molecule has 0 aliphatic carbocycles. The maximum atomic E-state index is 5.95. The SMILES string of the molecule is CC(N)Cc1cn(CCc2ccnn2C)c2ncccc12. The van der Waals surface area contributed by atoms with Crippen molar-refractivity contribution in [2.45, 2.75) is 32.4 Å². The van der Waals surface area contributed by atoms with Crippen LogP contribution in [0, 0.1) is 0 Å². The molecule has 21 heavy (non-hydrogen) atoms. The Morgan fingerprint density at radius 1 is 1.29 bits per heavy atom. The molecule has 0 radical (unpaired) electrons. The molecule has 0 aromatic carbocycles. The molecule has 1 unspecified atom stereocenters. The van der Waals surface area contributed by atoms with E-state index in [0.717, 1.165) is 25.0 Å². The summed E-state index contributed by atoms with van der Waals surface area (Å²) in [4.78, 5) is 4.53. The van der Waals surface area contributed by atoms with E-state index in [1.807, 2.05) is 37.1 Å². The van der Waals surface area contributed by atoms with Gasteiger partial charge in [0.15, 0.2) is 0 Å². The standard InChI is InChI=1S/C16H21N5/c1-12(17)10-13-11-21(16-15(13)4-3-7-18-16)9-6-14-5-8-19-20(14)2/h3-5,7-8,11-12H,6,9-10,17H2,1-2H3. The van der Waals surface area contributed by atoms with Gasteiger partial charge < -0.3 is 10.3 Å². The molecule has 1 atom stereocenters. The zero-order valence-electron chi connectivity index (χ0n) is 12.5. The second kappa shape index (κ2) is 5.69. The molecule has 0 saturated heterocycles. The van der Waals surface area contributed by atoms with E-state index in [-0.39, 0.29) is 6.04 Å². The fraction of sp³-hybridized carbons (Fsp3) is 0.375. The summed E-state index contributed by atoms with van der Waals surface area (Å²) >= 11 is 0. The average molecular weight is 283 g/mol. The van der Waals surface area contributed by atoms with E-state index in [1.165, 1.54) is 16.6 Å². The number of pyridine rings is 1. The summed E-state index contributed by atoms with van der Waals surface area (Å²) < 4.78 is 4.14. The number of hydrogen-bond acceptors (Lipinski definition) is 3. The van der Waals surface area contributed by atoms with E-state index in [0.29, 0.717) is 0 Å². The highest BCUT2D eigenvalue weighted by Crippen LogP contribution is 2.21. The highest BCUT2D eigenvalue weighted by atomic mass is 15.3. The predicted octanol–water partition coefficient (Wildman–Crippen LogP) is 1.90. The maximum Gasteiger partial charge on any atom is 0.140 e. The lowest BCUT2D eigenvalue weighted by Gasteiger charge is -2.05. The lowest BCUT2D eigenvalue weighted by Crippen LogP contribution is -2.17. The molecule has 3 aromatic heterocycles. The van der Waals surface area contributed by atoms with Gasteiger partial charge >= 0.3 is 0 Å². The lowest BCUT2D eigenvalue weighted by atomic mass is 10.1. The van der Waals surface area contributed by atoms with Crippen LogP contribution in [-0.4, -0.2) is 25.4 Å². The molecule has 3 heterocycles. The molecule has 2 N–H and O–H groups in total. The largest absolute Gasteiger partial charge is 0.332 e. The molecule has 0 fully saturated rings. The van der Waals surface area contributed by atoms with Gasteiger partial charge in [-0.2, -0.15) is 5.10 Å². The zero-order valence-corrected chi connectivity index (χ0v) is 12.5. The highest BCUT2D eigenvalue weighted by Gasteiger charge is 2.11. The van der Waals surface area contributed by atoms with Crippen LogP contribution < -0.4 is 5.73 Å². The van der Waals surface area contributed by atoms with Gasteiger partial charge in [0.2, 0.25) is 0 Å². The first kappa shape index (κ1) is 13.8. The van der Waals surface area contributed by atoms with E-state index in [1.54, 1.807) is 0 Å². The van der Waals surface area contributed by atoms with Gasteiger partial charge in [-0.05, 0) is 37.1 Å². The first-order valence-corrected chi connectivity index (χ1v) is 7.30. The summed E-state index contributed by atoms with van der Waals surface area (Å²) in [6.07, 6.45) is 7.69. The van der Waals surface area contributed by atoms with Gasteiger partial charge in [-0.3, -0.25) is 4.68 Å². The number of rotatable bonds is 5. The fourth-order valence-corrected chi connectivity index (χ4v) is 2.76. The van der Waals surface area contributed by atoms with Gasteiger partial charge in [-0.1, -0.05) is 0 Å². The summed E-state index contributed by atoms with van der Waals surface area (Å²) in [6, 6.07) is 6.32. The molecule has 0 bridgehead atoms. The van der Waals surface area contributed by atoms with Gasteiger partial charge in [0.05, 0.1) is 0 Å². The molecule has 0 aliphatic heterocycles. The molecule has 5 nitrogen and oxygen atoms in total. The van der Waals surface area contributed by atoms with Crippen LogP contribution in [0.5, 0.6) is 0 Å². The molecule has 0 aliphatic rings. The molecule has 0 saturated carbocycles. The smallest absolute Gasteiger partial charge is 0.140 e. The zero-order chi connectivity index (χ0) is 14.8. The van der Waals surface area contributed by atoms with Crippen molar-refractivity contribution in [2.24, 2.45) is 12.8 Å². The highest BCUT2D eigenvalue weighted by molar-refractivity contribution is 5.80. The number of hydrogen-bond donors (Lipinski definition) is 1. The van der Waals surface area contributed by atoms with Crippen LogP contribution in [0.3, 0.4) is 0 Å². The van der Waals surface area contributed by atoms with Crippen molar-refractivity contribution in [3.05, 3.63) is 48.0 Å². The minimum atomic E-state index is 0.154. The van der Waals surface area contributed by atoms with Crippen LogP contribution in [0.4, 0.5) is 0 Å². The molecule has 0 spiro atoms. The number of nitrogens with two attached hydrogens (primary N) is 1. The normalized spacial score (nSPS) is 12.9. The quantitative estimate of drug-likeness (QED) is 0.778. The van der Waals surface area contributed by atoms with Crippen LogP contribution in [-0.2, 0) is 26.4 Å². The molecule has 3 aromatic rings. The third-order valence-electron chi connectivity index (χ3n) is 3.79. The number of aromatic nitrogens is 4. The maximum absolute atomic E-state index is 5.95. The molecular formula is C16H21N5. The Kier molecular flexibility index (Phi) is 3.75. The second-order valence-corrected chi connectivity index (χ2v) is 5.60. The summed E-state index contributed by atoms with van der Waals surface area (Å²) in [5.41, 5.74) is 9.49. The monoisotopic (exact) mass is 283 g/mol. The van der Waals surface area contributed by atoms with E-state index in [4.69, 9.17) is 5.73 Å². The third-order valence-corrected chi connectivity index (χ3v) is 3.79. The van der Waals surface area contributed by atoms with Gasteiger partial charge in [-0.15, -0.1) is 0 Å². The lowest BCUT2D eigenvalue weighted by molar-refractivity contribution is 0.644. The van der Waals surface area contributed by atoms with Crippen LogP contribution in [0.2, 0.25) is 0 Å². The number of fused-ring (bicyclic) bond motifs is 1. The van der Waals surface area contributed by atoms with Crippen LogP contribution in [0.15, 0.2) is 36.8 Å². The van der Waals surface area contributed by atoms with Gasteiger partial charge in [0.1, 0.15) is 5.65 Å². The van der Waals surface area contributed by atoms with Crippen molar-refractivity contribution >= 4 is 11.0 Å². The minimum absolute atomic E-state index is 0.154. The topological polar surface area (TPSA) is 61.7 Å². The van der Waals surface area contributed by atoms with E-state index in [9.17, 15) is 0 Å². The summed E-state index contributed by atoms with van der Waals surface area (Å²) in [7, 11) is 1.98. The van der Waals surface area contributed by atoms with Crippen molar-refractivity contribution in [3.63, 3.8) is 0 Å². The second-order valence-electron chi connectivity index (χ2n) is 5.60. The number of nitrogens with zero attached hydrogens (tertiary/aromatic N) is 4. The Bertz CT molecular complexity index is 738. The molecule has 110 valence electrons. The van der Waals surface area contributed by atoms with Crippen LogP contribution >= 0.6 is 0 Å². The Hall–Kier alpha value is -2.14. The van der Waals surface area contributed by atoms with E-state index < -0.39 is 0 Å². The molecule has 0 amide bonds. The van der Waals surface area contributed by atoms with Crippen molar-refractivity contribution in [1.29, 1.82) is 0 Å². The molecular weight excluding hydrogens is 262 g/mol. The van der Waals surface area contributed by atoms with Gasteiger partial charge in [0.25, 0.3) is 0 Å². The number of aryl methyl sites for hydroxylation is 3. The first-order chi connectivity index (χ1) is 10.1. The van der Waals surface area contributed by atoms with Gasteiger partial charge in [0, 0.05) is 55.7 Å². The van der Waals surface area contributed by atoms with Crippen molar-refractivity contribution < 1.29 is 0 Å². The first-order valence-electron chi connectivity index (χ1n) is 7.30. The van der Waals surface area contributed by atoms with E-state index >= 15 is 0 Å². The van der Waals surface area contributed by atoms with Crippen molar-refractivity contribution in [1.82, 2.24) is 19.3 Å². The third kappa shape index (κ3) is 2.83. The predicted molar refractivity (Wildman–Crippen MR) is 84.0 cm³/mol. The Balaban J connectivity index is 1.89.